The molecular formula is C18H19N3O4S. The summed E-state index contributed by atoms with van der Waals surface area (Å²) in [5.74, 6) is 0.0660. The molecule has 0 spiro atoms. The van der Waals surface area contributed by atoms with Crippen molar-refractivity contribution in [3.8, 4) is 0 Å². The van der Waals surface area contributed by atoms with Crippen molar-refractivity contribution >= 4 is 15.7 Å². The fraction of sp³-hybridized carbons (Fsp3) is 0.333. The number of sulfone groups is 1. The third-order valence-electron chi connectivity index (χ3n) is 4.63. The van der Waals surface area contributed by atoms with Crippen LogP contribution in [-0.2, 0) is 29.3 Å². The van der Waals surface area contributed by atoms with Gasteiger partial charge in [0, 0.05) is 24.6 Å². The molecule has 3 heterocycles. The van der Waals surface area contributed by atoms with E-state index in [4.69, 9.17) is 4.52 Å². The SMILES string of the molecule is O=C(N[C@@H]1C=CS(=O)(=O)C1)c1cc(CN2CCc3ccccc3C2)on1. The molecule has 0 aliphatic carbocycles. The molecule has 1 atom stereocenters. The van der Waals surface area contributed by atoms with E-state index in [1.165, 1.54) is 17.2 Å². The van der Waals surface area contributed by atoms with Crippen LogP contribution < -0.4 is 5.32 Å². The average molecular weight is 373 g/mol. The van der Waals surface area contributed by atoms with Crippen molar-refractivity contribution in [3.63, 3.8) is 0 Å². The topological polar surface area (TPSA) is 92.5 Å². The molecule has 1 N–H and O–H groups in total. The van der Waals surface area contributed by atoms with Crippen molar-refractivity contribution < 1.29 is 17.7 Å². The molecule has 8 heteroatoms. The summed E-state index contributed by atoms with van der Waals surface area (Å²) in [4.78, 5) is 14.5. The zero-order valence-corrected chi connectivity index (χ0v) is 14.9. The summed E-state index contributed by atoms with van der Waals surface area (Å²) in [6.45, 7) is 2.33. The highest BCUT2D eigenvalue weighted by Crippen LogP contribution is 2.20. The summed E-state index contributed by atoms with van der Waals surface area (Å²) in [5.41, 5.74) is 2.85. The molecule has 0 saturated heterocycles. The van der Waals surface area contributed by atoms with Crippen LogP contribution in [0.25, 0.3) is 0 Å². The number of nitrogens with zero attached hydrogens (tertiary/aromatic N) is 2. The highest BCUT2D eigenvalue weighted by molar-refractivity contribution is 7.94. The van der Waals surface area contributed by atoms with Crippen LogP contribution in [0.1, 0.15) is 27.4 Å². The summed E-state index contributed by atoms with van der Waals surface area (Å²) in [7, 11) is -3.21. The van der Waals surface area contributed by atoms with Gasteiger partial charge in [0.1, 0.15) is 0 Å². The molecule has 0 bridgehead atoms. The number of amides is 1. The van der Waals surface area contributed by atoms with Gasteiger partial charge in [-0.25, -0.2) is 8.42 Å². The number of carbonyl (C=O) groups is 1. The van der Waals surface area contributed by atoms with E-state index in [0.717, 1.165) is 24.9 Å². The standard InChI is InChI=1S/C18H19N3O4S/c22-18(19-15-6-8-26(23,24)12-15)17-9-16(25-20-17)11-21-7-5-13-3-1-2-4-14(13)10-21/h1-4,6,8-9,15H,5,7,10-12H2,(H,19,22)/t15-/m1/s1. The minimum absolute atomic E-state index is 0.114. The van der Waals surface area contributed by atoms with Crippen LogP contribution in [0.15, 0.2) is 46.3 Å². The summed E-state index contributed by atoms with van der Waals surface area (Å²) in [6, 6.07) is 9.47. The first-order valence-corrected chi connectivity index (χ1v) is 10.2. The molecule has 2 aliphatic rings. The molecular weight excluding hydrogens is 354 g/mol. The third kappa shape index (κ3) is 3.71. The molecule has 2 aliphatic heterocycles. The fourth-order valence-electron chi connectivity index (χ4n) is 3.31. The van der Waals surface area contributed by atoms with Crippen molar-refractivity contribution in [3.05, 3.63) is 64.4 Å². The first-order valence-electron chi connectivity index (χ1n) is 8.45. The van der Waals surface area contributed by atoms with Gasteiger partial charge in [-0.2, -0.15) is 0 Å². The van der Waals surface area contributed by atoms with E-state index in [-0.39, 0.29) is 11.4 Å². The predicted octanol–water partition coefficient (Wildman–Crippen LogP) is 1.27. The van der Waals surface area contributed by atoms with Gasteiger partial charge in [-0.05, 0) is 23.6 Å². The molecule has 0 radical (unpaired) electrons. The minimum atomic E-state index is -3.21. The van der Waals surface area contributed by atoms with Gasteiger partial charge in [0.15, 0.2) is 21.3 Å². The molecule has 136 valence electrons. The molecule has 2 aromatic rings. The summed E-state index contributed by atoms with van der Waals surface area (Å²) >= 11 is 0. The van der Waals surface area contributed by atoms with Crippen LogP contribution in [0, 0.1) is 0 Å². The lowest BCUT2D eigenvalue weighted by Crippen LogP contribution is -2.35. The second-order valence-corrected chi connectivity index (χ2v) is 8.58. The lowest BCUT2D eigenvalue weighted by Gasteiger charge is -2.27. The Morgan fingerprint density at radius 2 is 2.12 bits per heavy atom. The highest BCUT2D eigenvalue weighted by atomic mass is 32.2. The Morgan fingerprint density at radius 1 is 1.31 bits per heavy atom. The fourth-order valence-corrected chi connectivity index (χ4v) is 4.55. The second-order valence-electron chi connectivity index (χ2n) is 6.65. The van der Waals surface area contributed by atoms with E-state index in [1.807, 2.05) is 6.07 Å². The summed E-state index contributed by atoms with van der Waals surface area (Å²) in [6.07, 6.45) is 2.46. The molecule has 1 aromatic carbocycles. The number of rotatable bonds is 4. The molecule has 7 nitrogen and oxygen atoms in total. The molecule has 0 unspecified atom stereocenters. The van der Waals surface area contributed by atoms with Gasteiger partial charge in [0.2, 0.25) is 0 Å². The predicted molar refractivity (Wildman–Crippen MR) is 94.9 cm³/mol. The van der Waals surface area contributed by atoms with Crippen molar-refractivity contribution in [2.24, 2.45) is 0 Å². The third-order valence-corrected chi connectivity index (χ3v) is 6.02. The molecule has 26 heavy (non-hydrogen) atoms. The summed E-state index contributed by atoms with van der Waals surface area (Å²) in [5, 5.41) is 7.58. The minimum Gasteiger partial charge on any atom is -0.359 e. The largest absolute Gasteiger partial charge is 0.359 e. The van der Waals surface area contributed by atoms with E-state index in [9.17, 15) is 13.2 Å². The molecule has 1 amide bonds. The number of benzene rings is 1. The Balaban J connectivity index is 1.36. The van der Waals surface area contributed by atoms with E-state index in [1.54, 1.807) is 6.07 Å². The molecule has 4 rings (SSSR count). The maximum absolute atomic E-state index is 12.2. The van der Waals surface area contributed by atoms with Crippen molar-refractivity contribution in [1.82, 2.24) is 15.4 Å². The van der Waals surface area contributed by atoms with Gasteiger partial charge in [-0.3, -0.25) is 9.69 Å². The van der Waals surface area contributed by atoms with E-state index >= 15 is 0 Å². The van der Waals surface area contributed by atoms with Gasteiger partial charge in [-0.15, -0.1) is 0 Å². The number of fused-ring (bicyclic) bond motifs is 1. The zero-order chi connectivity index (χ0) is 18.1. The van der Waals surface area contributed by atoms with Crippen LogP contribution in [0.5, 0.6) is 0 Å². The summed E-state index contributed by atoms with van der Waals surface area (Å²) < 4.78 is 28.1. The Morgan fingerprint density at radius 3 is 2.88 bits per heavy atom. The maximum atomic E-state index is 12.2. The number of carbonyl (C=O) groups excluding carboxylic acids is 1. The van der Waals surface area contributed by atoms with Crippen molar-refractivity contribution in [2.75, 3.05) is 12.3 Å². The number of nitrogens with one attached hydrogen (secondary N) is 1. The van der Waals surface area contributed by atoms with Crippen LogP contribution in [0.4, 0.5) is 0 Å². The highest BCUT2D eigenvalue weighted by Gasteiger charge is 2.25. The molecule has 0 fully saturated rings. The van der Waals surface area contributed by atoms with E-state index < -0.39 is 21.8 Å². The Bertz CT molecular complexity index is 964. The Hall–Kier alpha value is -2.45. The first-order chi connectivity index (χ1) is 12.5. The monoisotopic (exact) mass is 373 g/mol. The van der Waals surface area contributed by atoms with Crippen LogP contribution >= 0.6 is 0 Å². The Labute approximate surface area is 151 Å². The quantitative estimate of drug-likeness (QED) is 0.868. The van der Waals surface area contributed by atoms with Gasteiger partial charge < -0.3 is 9.84 Å². The van der Waals surface area contributed by atoms with Crippen LogP contribution in [-0.4, -0.2) is 42.7 Å². The zero-order valence-electron chi connectivity index (χ0n) is 14.1. The smallest absolute Gasteiger partial charge is 0.273 e. The number of hydrogen-bond acceptors (Lipinski definition) is 6. The average Bonchev–Trinajstić information content (AvgIpc) is 3.21. The number of hydrogen-bond donors (Lipinski definition) is 1. The van der Waals surface area contributed by atoms with Gasteiger partial charge in [-0.1, -0.05) is 29.4 Å². The first kappa shape index (κ1) is 17.0. The number of aromatic nitrogens is 1. The van der Waals surface area contributed by atoms with Crippen LogP contribution in [0.3, 0.4) is 0 Å². The normalized spacial score (nSPS) is 21.5. The van der Waals surface area contributed by atoms with Crippen molar-refractivity contribution in [1.29, 1.82) is 0 Å². The lowest BCUT2D eigenvalue weighted by molar-refractivity contribution is 0.0938. The molecule has 1 aromatic heterocycles. The van der Waals surface area contributed by atoms with E-state index in [0.29, 0.717) is 12.3 Å². The van der Waals surface area contributed by atoms with Gasteiger partial charge in [0.25, 0.3) is 5.91 Å². The lowest BCUT2D eigenvalue weighted by atomic mass is 10.00. The second kappa shape index (κ2) is 6.69. The van der Waals surface area contributed by atoms with E-state index in [2.05, 4.69) is 33.6 Å². The molecule has 0 saturated carbocycles. The maximum Gasteiger partial charge on any atom is 0.273 e. The van der Waals surface area contributed by atoms with Crippen molar-refractivity contribution in [2.45, 2.75) is 25.6 Å². The van der Waals surface area contributed by atoms with Gasteiger partial charge >= 0.3 is 0 Å². The Kier molecular flexibility index (Phi) is 4.37. The van der Waals surface area contributed by atoms with Gasteiger partial charge in [0.05, 0.1) is 18.3 Å². The van der Waals surface area contributed by atoms with Crippen LogP contribution in [0.2, 0.25) is 0 Å².